The Morgan fingerprint density at radius 3 is 2.69 bits per heavy atom. The summed E-state index contributed by atoms with van der Waals surface area (Å²) >= 11 is 6.16. The zero-order valence-electron chi connectivity index (χ0n) is 17.0. The van der Waals surface area contributed by atoms with Gasteiger partial charge in [-0.05, 0) is 73.7 Å². The van der Waals surface area contributed by atoms with E-state index >= 15 is 0 Å². The quantitative estimate of drug-likeness (QED) is 0.550. The van der Waals surface area contributed by atoms with Crippen molar-refractivity contribution in [1.29, 1.82) is 0 Å². The van der Waals surface area contributed by atoms with Crippen LogP contribution in [0.1, 0.15) is 48.5 Å². The molecule has 3 aromatic rings. The Kier molecular flexibility index (Phi) is 5.93. The van der Waals surface area contributed by atoms with Gasteiger partial charge in [-0.25, -0.2) is 0 Å². The van der Waals surface area contributed by atoms with E-state index in [-0.39, 0.29) is 5.91 Å². The number of nitrogens with zero attached hydrogens (tertiary/aromatic N) is 1. The molecule has 0 bridgehead atoms. The lowest BCUT2D eigenvalue weighted by Gasteiger charge is -2.33. The molecule has 0 aliphatic carbocycles. The van der Waals surface area contributed by atoms with Crippen LogP contribution in [0.15, 0.2) is 48.7 Å². The first-order chi connectivity index (χ1) is 14.0. The number of rotatable bonds is 5. The molecule has 0 spiro atoms. The highest BCUT2D eigenvalue weighted by Gasteiger charge is 2.23. The number of amides is 1. The van der Waals surface area contributed by atoms with Crippen LogP contribution in [0, 0.1) is 5.92 Å². The van der Waals surface area contributed by atoms with Gasteiger partial charge in [0.25, 0.3) is 5.91 Å². The van der Waals surface area contributed by atoms with E-state index in [9.17, 15) is 4.79 Å². The second kappa shape index (κ2) is 8.60. The molecule has 0 atom stereocenters. The number of H-pyrrole nitrogens is 1. The van der Waals surface area contributed by atoms with Gasteiger partial charge in [0, 0.05) is 29.3 Å². The van der Waals surface area contributed by atoms with Crippen molar-refractivity contribution in [2.24, 2.45) is 5.92 Å². The first-order valence-corrected chi connectivity index (χ1v) is 10.8. The first-order valence-electron chi connectivity index (χ1n) is 10.4. The largest absolute Gasteiger partial charge is 0.361 e. The number of carbonyl (C=O) groups excluding carboxylic acids is 1. The average Bonchev–Trinajstić information content (AvgIpc) is 3.11. The third-order valence-electron chi connectivity index (χ3n) is 5.74. The van der Waals surface area contributed by atoms with Gasteiger partial charge in [0.2, 0.25) is 0 Å². The molecule has 152 valence electrons. The predicted molar refractivity (Wildman–Crippen MR) is 121 cm³/mol. The molecule has 0 saturated carbocycles. The zero-order valence-corrected chi connectivity index (χ0v) is 17.8. The van der Waals surface area contributed by atoms with Crippen molar-refractivity contribution in [2.75, 3.05) is 25.0 Å². The minimum absolute atomic E-state index is 0.186. The maximum Gasteiger partial charge on any atom is 0.257 e. The number of carbonyl (C=O) groups is 1. The molecule has 4 rings (SSSR count). The van der Waals surface area contributed by atoms with E-state index in [4.69, 9.17) is 11.6 Å². The van der Waals surface area contributed by atoms with Crippen LogP contribution in [0.4, 0.5) is 5.69 Å². The van der Waals surface area contributed by atoms with Crippen molar-refractivity contribution in [3.05, 3.63) is 64.8 Å². The van der Waals surface area contributed by atoms with Crippen molar-refractivity contribution in [2.45, 2.75) is 32.6 Å². The Hall–Kier alpha value is -2.30. The molecule has 1 saturated heterocycles. The molecule has 1 fully saturated rings. The molecule has 2 aromatic carbocycles. The van der Waals surface area contributed by atoms with Crippen LogP contribution in [0.2, 0.25) is 5.02 Å². The fourth-order valence-corrected chi connectivity index (χ4v) is 4.57. The van der Waals surface area contributed by atoms with Gasteiger partial charge in [0.05, 0.1) is 10.6 Å². The molecule has 1 amide bonds. The monoisotopic (exact) mass is 409 g/mol. The molecular weight excluding hydrogens is 382 g/mol. The van der Waals surface area contributed by atoms with Crippen LogP contribution < -0.4 is 5.32 Å². The van der Waals surface area contributed by atoms with Crippen molar-refractivity contribution >= 4 is 34.1 Å². The molecule has 5 heteroatoms. The highest BCUT2D eigenvalue weighted by atomic mass is 35.5. The van der Waals surface area contributed by atoms with Crippen LogP contribution in [0.25, 0.3) is 10.9 Å². The first kappa shape index (κ1) is 20.0. The summed E-state index contributed by atoms with van der Waals surface area (Å²) in [4.78, 5) is 18.6. The summed E-state index contributed by atoms with van der Waals surface area (Å²) < 4.78 is 0. The highest BCUT2D eigenvalue weighted by molar-refractivity contribution is 6.34. The second-order valence-electron chi connectivity index (χ2n) is 8.41. The van der Waals surface area contributed by atoms with Crippen LogP contribution in [0.3, 0.4) is 0 Å². The maximum atomic E-state index is 12.6. The number of hydrogen-bond acceptors (Lipinski definition) is 2. The number of likely N-dealkylation sites (tertiary alicyclic amines) is 1. The van der Waals surface area contributed by atoms with Gasteiger partial charge < -0.3 is 15.2 Å². The topological polar surface area (TPSA) is 48.1 Å². The van der Waals surface area contributed by atoms with Crippen molar-refractivity contribution < 1.29 is 4.79 Å². The Balaban J connectivity index is 1.51. The molecule has 0 unspecified atom stereocenters. The van der Waals surface area contributed by atoms with E-state index in [2.05, 4.69) is 41.3 Å². The number of fused-ring (bicyclic) bond motifs is 1. The summed E-state index contributed by atoms with van der Waals surface area (Å²) in [5, 5.41) is 4.65. The summed E-state index contributed by atoms with van der Waals surface area (Å²) in [6.45, 7) is 8.05. The zero-order chi connectivity index (χ0) is 20.4. The van der Waals surface area contributed by atoms with Gasteiger partial charge in [0.15, 0.2) is 0 Å². The normalized spacial score (nSPS) is 15.9. The van der Waals surface area contributed by atoms with Gasteiger partial charge in [-0.15, -0.1) is 0 Å². The summed E-state index contributed by atoms with van der Waals surface area (Å²) in [6, 6.07) is 13.2. The molecule has 2 N–H and O–H groups in total. The van der Waals surface area contributed by atoms with Gasteiger partial charge in [-0.2, -0.15) is 0 Å². The molecule has 29 heavy (non-hydrogen) atoms. The lowest BCUT2D eigenvalue weighted by Crippen LogP contribution is -2.35. The van der Waals surface area contributed by atoms with Crippen LogP contribution in [-0.4, -0.2) is 35.4 Å². The van der Waals surface area contributed by atoms with Crippen LogP contribution >= 0.6 is 11.6 Å². The van der Waals surface area contributed by atoms with E-state index in [1.54, 1.807) is 12.1 Å². The molecule has 1 aliphatic heterocycles. The summed E-state index contributed by atoms with van der Waals surface area (Å²) in [7, 11) is 0. The van der Waals surface area contributed by atoms with E-state index in [0.29, 0.717) is 22.4 Å². The lowest BCUT2D eigenvalue weighted by molar-refractivity contribution is 0.102. The Labute approximate surface area is 177 Å². The molecule has 4 nitrogen and oxygen atoms in total. The Morgan fingerprint density at radius 2 is 1.97 bits per heavy atom. The number of anilines is 1. The van der Waals surface area contributed by atoms with Gasteiger partial charge >= 0.3 is 0 Å². The second-order valence-corrected chi connectivity index (χ2v) is 8.81. The minimum Gasteiger partial charge on any atom is -0.361 e. The smallest absolute Gasteiger partial charge is 0.257 e. The Bertz CT molecular complexity index is 1000. The molecular formula is C24H28ClN3O. The predicted octanol–water partition coefficient (Wildman–Crippen LogP) is 5.91. The number of benzene rings is 2. The SMILES string of the molecule is CC(C)CN1CCC(c2c[nH]c3ccc(NC(=O)c4ccccc4Cl)cc23)CC1. The van der Waals surface area contributed by atoms with Crippen LogP contribution in [0.5, 0.6) is 0 Å². The lowest BCUT2D eigenvalue weighted by atomic mass is 9.89. The highest BCUT2D eigenvalue weighted by Crippen LogP contribution is 2.34. The van der Waals surface area contributed by atoms with Gasteiger partial charge in [-0.3, -0.25) is 4.79 Å². The molecule has 1 aliphatic rings. The van der Waals surface area contributed by atoms with E-state index in [1.807, 2.05) is 24.3 Å². The van der Waals surface area contributed by atoms with Gasteiger partial charge in [0.1, 0.15) is 0 Å². The summed E-state index contributed by atoms with van der Waals surface area (Å²) in [6.07, 6.45) is 4.50. The van der Waals surface area contributed by atoms with E-state index < -0.39 is 0 Å². The summed E-state index contributed by atoms with van der Waals surface area (Å²) in [5.41, 5.74) is 3.75. The minimum atomic E-state index is -0.186. The number of hydrogen-bond donors (Lipinski definition) is 2. The van der Waals surface area contributed by atoms with Crippen LogP contribution in [-0.2, 0) is 0 Å². The van der Waals surface area contributed by atoms with Crippen molar-refractivity contribution in [3.8, 4) is 0 Å². The number of aromatic nitrogens is 1. The summed E-state index contributed by atoms with van der Waals surface area (Å²) in [5.74, 6) is 1.08. The van der Waals surface area contributed by atoms with E-state index in [1.165, 1.54) is 30.3 Å². The molecule has 2 heterocycles. The molecule has 0 radical (unpaired) electrons. The average molecular weight is 410 g/mol. The fraction of sp³-hybridized carbons (Fsp3) is 0.375. The number of halogens is 1. The maximum absolute atomic E-state index is 12.6. The Morgan fingerprint density at radius 1 is 1.21 bits per heavy atom. The van der Waals surface area contributed by atoms with Gasteiger partial charge in [-0.1, -0.05) is 37.6 Å². The third-order valence-corrected chi connectivity index (χ3v) is 6.07. The third kappa shape index (κ3) is 4.49. The number of aromatic amines is 1. The molecule has 1 aromatic heterocycles. The fourth-order valence-electron chi connectivity index (χ4n) is 4.34. The van der Waals surface area contributed by atoms with Crippen molar-refractivity contribution in [3.63, 3.8) is 0 Å². The number of nitrogens with one attached hydrogen (secondary N) is 2. The number of piperidine rings is 1. The van der Waals surface area contributed by atoms with Crippen molar-refractivity contribution in [1.82, 2.24) is 9.88 Å². The van der Waals surface area contributed by atoms with E-state index in [0.717, 1.165) is 24.3 Å². The standard InChI is InChI=1S/C24H28ClN3O/c1-16(2)15-28-11-9-17(10-12-28)21-14-26-23-8-7-18(13-20(21)23)27-24(29)19-5-3-4-6-22(19)25/h3-8,13-14,16-17,26H,9-12,15H2,1-2H3,(H,27,29).